The van der Waals surface area contributed by atoms with Crippen LogP contribution in [0.1, 0.15) is 66.7 Å². The summed E-state index contributed by atoms with van der Waals surface area (Å²) >= 11 is 0. The van der Waals surface area contributed by atoms with Gasteiger partial charge in [-0.25, -0.2) is 4.79 Å². The average Bonchev–Trinajstić information content (AvgIpc) is 3.05. The van der Waals surface area contributed by atoms with Crippen LogP contribution in [0.4, 0.5) is 4.79 Å². The lowest BCUT2D eigenvalue weighted by molar-refractivity contribution is -0.106. The van der Waals surface area contributed by atoms with Gasteiger partial charge in [-0.1, -0.05) is 13.8 Å². The molecule has 2 saturated carbocycles. The number of carbonyl (C=O) groups is 1. The van der Waals surface area contributed by atoms with E-state index in [-0.39, 0.29) is 41.5 Å². The van der Waals surface area contributed by atoms with Gasteiger partial charge in [-0.15, -0.1) is 24.0 Å². The van der Waals surface area contributed by atoms with Gasteiger partial charge < -0.3 is 25.4 Å². The molecule has 2 aliphatic carbocycles. The number of aliphatic imine (C=N–C) groups is 1. The van der Waals surface area contributed by atoms with Gasteiger partial charge in [-0.05, 0) is 52.9 Å². The van der Waals surface area contributed by atoms with Crippen molar-refractivity contribution in [3.63, 3.8) is 0 Å². The molecule has 168 valence electrons. The number of nitrogens with zero attached hydrogens (tertiary/aromatic N) is 1. The van der Waals surface area contributed by atoms with Crippen molar-refractivity contribution < 1.29 is 14.3 Å². The molecule has 3 N–H and O–H groups in total. The second kappa shape index (κ2) is 9.58. The minimum absolute atomic E-state index is 0. The maximum Gasteiger partial charge on any atom is 0.407 e. The Balaban J connectivity index is 0.00000300. The Morgan fingerprint density at radius 2 is 1.62 bits per heavy atom. The summed E-state index contributed by atoms with van der Waals surface area (Å²) < 4.78 is 11.3. The van der Waals surface area contributed by atoms with E-state index in [0.29, 0.717) is 24.1 Å². The minimum atomic E-state index is -0.459. The third-order valence-corrected chi connectivity index (χ3v) is 6.41. The normalized spacial score (nSPS) is 33.6. The van der Waals surface area contributed by atoms with Crippen LogP contribution in [-0.4, -0.2) is 55.5 Å². The highest BCUT2D eigenvalue weighted by molar-refractivity contribution is 14.0. The third-order valence-electron chi connectivity index (χ3n) is 6.41. The summed E-state index contributed by atoms with van der Waals surface area (Å²) in [6.45, 7) is 11.1. The van der Waals surface area contributed by atoms with E-state index in [1.165, 1.54) is 0 Å². The van der Waals surface area contributed by atoms with Gasteiger partial charge in [-0.2, -0.15) is 0 Å². The highest BCUT2D eigenvalue weighted by Crippen LogP contribution is 2.52. The third kappa shape index (κ3) is 5.89. The number of hydrogen-bond donors (Lipinski definition) is 3. The fourth-order valence-electron chi connectivity index (χ4n) is 4.98. The van der Waals surface area contributed by atoms with Crippen molar-refractivity contribution in [3.05, 3.63) is 0 Å². The molecule has 0 aromatic rings. The average molecular weight is 522 g/mol. The predicted molar refractivity (Wildman–Crippen MR) is 126 cm³/mol. The Kier molecular flexibility index (Phi) is 8.09. The monoisotopic (exact) mass is 522 g/mol. The molecule has 0 aromatic heterocycles. The summed E-state index contributed by atoms with van der Waals surface area (Å²) in [6.07, 6.45) is 5.08. The van der Waals surface area contributed by atoms with Crippen molar-refractivity contribution in [2.24, 2.45) is 16.3 Å². The van der Waals surface area contributed by atoms with Crippen molar-refractivity contribution in [2.75, 3.05) is 13.7 Å². The van der Waals surface area contributed by atoms with Crippen LogP contribution in [0.2, 0.25) is 0 Å². The van der Waals surface area contributed by atoms with Crippen LogP contribution in [0.25, 0.3) is 0 Å². The van der Waals surface area contributed by atoms with Gasteiger partial charge in [-0.3, -0.25) is 4.99 Å². The zero-order chi connectivity index (χ0) is 20.5. The van der Waals surface area contributed by atoms with E-state index in [0.717, 1.165) is 44.7 Å². The van der Waals surface area contributed by atoms with Crippen molar-refractivity contribution in [1.29, 1.82) is 0 Å². The summed E-state index contributed by atoms with van der Waals surface area (Å²) in [5, 5.41) is 10.2. The lowest BCUT2D eigenvalue weighted by Gasteiger charge is -2.55. The summed E-state index contributed by atoms with van der Waals surface area (Å²) in [4.78, 5) is 16.4. The number of guanidine groups is 1. The van der Waals surface area contributed by atoms with Crippen molar-refractivity contribution in [3.8, 4) is 0 Å². The molecule has 29 heavy (non-hydrogen) atoms. The smallest absolute Gasteiger partial charge is 0.407 e. The number of nitrogens with one attached hydrogen (secondary N) is 3. The van der Waals surface area contributed by atoms with E-state index in [1.54, 1.807) is 0 Å². The van der Waals surface area contributed by atoms with Crippen LogP contribution in [0.15, 0.2) is 4.99 Å². The molecule has 0 radical (unpaired) electrons. The standard InChI is InChI=1S/C21H38N4O3.HI/c1-20(2,3)28-19(26)24-14-9-7-13(8-10-14)23-18(22-6)25-16-15-11-12-27-17(15)21(16,4)5;/h13-17H,7-12H2,1-6H3,(H,24,26)(H2,22,23,25);1H. The molecule has 1 aliphatic heterocycles. The largest absolute Gasteiger partial charge is 0.444 e. The molecule has 1 saturated heterocycles. The number of fused-ring (bicyclic) bond motifs is 1. The van der Waals surface area contributed by atoms with Crippen LogP contribution in [0.3, 0.4) is 0 Å². The van der Waals surface area contributed by atoms with Crippen LogP contribution in [0, 0.1) is 11.3 Å². The SMILES string of the molecule is CN=C(NC1CCC(NC(=O)OC(C)(C)C)CC1)NC1C2CCOC2C1(C)C.I. The molecule has 1 amide bonds. The van der Waals surface area contributed by atoms with Gasteiger partial charge in [0.05, 0.1) is 6.10 Å². The van der Waals surface area contributed by atoms with Crippen molar-refractivity contribution in [1.82, 2.24) is 16.0 Å². The van der Waals surface area contributed by atoms with Crippen molar-refractivity contribution >= 4 is 36.0 Å². The van der Waals surface area contributed by atoms with Gasteiger partial charge in [0, 0.05) is 43.1 Å². The van der Waals surface area contributed by atoms with Crippen LogP contribution < -0.4 is 16.0 Å². The molecular weight excluding hydrogens is 483 g/mol. The summed E-state index contributed by atoms with van der Waals surface area (Å²) in [6, 6.07) is 0.961. The molecule has 0 spiro atoms. The first kappa shape index (κ1) is 24.5. The highest BCUT2D eigenvalue weighted by Gasteiger charge is 2.59. The molecule has 3 atom stereocenters. The first-order valence-corrected chi connectivity index (χ1v) is 10.7. The van der Waals surface area contributed by atoms with E-state index in [1.807, 2.05) is 27.8 Å². The summed E-state index contributed by atoms with van der Waals surface area (Å²) in [5.74, 6) is 1.47. The lowest BCUT2D eigenvalue weighted by atomic mass is 9.57. The number of rotatable bonds is 3. The molecular formula is C21H39IN4O3. The van der Waals surface area contributed by atoms with E-state index in [2.05, 4.69) is 34.8 Å². The second-order valence-electron chi connectivity index (χ2n) is 10.1. The van der Waals surface area contributed by atoms with Crippen molar-refractivity contribution in [2.45, 2.75) is 96.6 Å². The Morgan fingerprint density at radius 1 is 1.03 bits per heavy atom. The molecule has 3 aliphatic rings. The minimum Gasteiger partial charge on any atom is -0.444 e. The van der Waals surface area contributed by atoms with Gasteiger partial charge >= 0.3 is 6.09 Å². The summed E-state index contributed by atoms with van der Waals surface area (Å²) in [7, 11) is 1.83. The van der Waals surface area contributed by atoms with Gasteiger partial charge in [0.1, 0.15) is 5.60 Å². The number of hydrogen-bond acceptors (Lipinski definition) is 4. The second-order valence-corrected chi connectivity index (χ2v) is 10.1. The Labute approximate surface area is 192 Å². The molecule has 3 fully saturated rings. The topological polar surface area (TPSA) is 84.0 Å². The zero-order valence-electron chi connectivity index (χ0n) is 18.7. The molecule has 1 heterocycles. The van der Waals surface area contributed by atoms with Gasteiger partial charge in [0.2, 0.25) is 0 Å². The Morgan fingerprint density at radius 3 is 2.17 bits per heavy atom. The molecule has 3 unspecified atom stereocenters. The maximum atomic E-state index is 12.0. The van der Waals surface area contributed by atoms with Gasteiger partial charge in [0.15, 0.2) is 5.96 Å². The molecule has 0 aromatic carbocycles. The van der Waals surface area contributed by atoms with Crippen LogP contribution in [0.5, 0.6) is 0 Å². The van der Waals surface area contributed by atoms with Crippen LogP contribution in [-0.2, 0) is 9.47 Å². The quantitative estimate of drug-likeness (QED) is 0.301. The molecule has 7 nitrogen and oxygen atoms in total. The Bertz CT molecular complexity index is 597. The number of halogens is 1. The van der Waals surface area contributed by atoms with Crippen LogP contribution >= 0.6 is 24.0 Å². The first-order valence-electron chi connectivity index (χ1n) is 10.7. The van der Waals surface area contributed by atoms with E-state index in [4.69, 9.17) is 9.47 Å². The van der Waals surface area contributed by atoms with E-state index < -0.39 is 5.60 Å². The maximum absolute atomic E-state index is 12.0. The van der Waals surface area contributed by atoms with E-state index in [9.17, 15) is 4.79 Å². The first-order chi connectivity index (χ1) is 13.1. The molecule has 8 heteroatoms. The van der Waals surface area contributed by atoms with E-state index >= 15 is 0 Å². The fourth-order valence-corrected chi connectivity index (χ4v) is 4.98. The Hall–Kier alpha value is -0.770. The summed E-state index contributed by atoms with van der Waals surface area (Å²) in [5.41, 5.74) is -0.326. The predicted octanol–water partition coefficient (Wildman–Crippen LogP) is 3.42. The zero-order valence-corrected chi connectivity index (χ0v) is 21.0. The van der Waals surface area contributed by atoms with Gasteiger partial charge in [0.25, 0.3) is 0 Å². The molecule has 3 rings (SSSR count). The number of ether oxygens (including phenoxy) is 2. The number of amides is 1. The molecule has 0 bridgehead atoms. The fraction of sp³-hybridized carbons (Fsp3) is 0.905. The highest BCUT2D eigenvalue weighted by atomic mass is 127. The lowest BCUT2D eigenvalue weighted by Crippen LogP contribution is -2.68. The number of alkyl carbamates (subject to hydrolysis) is 1. The number of carbonyl (C=O) groups excluding carboxylic acids is 1.